The molecule has 2 aliphatic carbocycles. The van der Waals surface area contributed by atoms with Crippen molar-refractivity contribution in [3.63, 3.8) is 0 Å². The monoisotopic (exact) mass is 485 g/mol. The quantitative estimate of drug-likeness (QED) is 0.285. The average molecular weight is 485 g/mol. The van der Waals surface area contributed by atoms with Gasteiger partial charge in [-0.2, -0.15) is 0 Å². The highest BCUT2D eigenvalue weighted by Gasteiger charge is 2.47. The number of aliphatic hydroxyl groups excluding tert-OH is 3. The molecule has 0 aromatic heterocycles. The molecule has 35 heavy (non-hydrogen) atoms. The van der Waals surface area contributed by atoms with Gasteiger partial charge < -0.3 is 40.7 Å². The zero-order valence-electron chi connectivity index (χ0n) is 19.0. The van der Waals surface area contributed by atoms with Gasteiger partial charge in [0.25, 0.3) is 0 Å². The highest BCUT2D eigenvalue weighted by molar-refractivity contribution is 6.30. The molecule has 10 nitrogen and oxygen atoms in total. The molecule has 2 aromatic carbocycles. The first-order valence-electron chi connectivity index (χ1n) is 11.4. The van der Waals surface area contributed by atoms with E-state index in [2.05, 4.69) is 0 Å². The zero-order chi connectivity index (χ0) is 25.2. The smallest absolute Gasteiger partial charge is 0.198 e. The molecule has 7 N–H and O–H groups in total. The fraction of sp³-hybridized carbons (Fsp3) is 0.440. The molecular weight excluding hydrogens is 458 g/mol. The largest absolute Gasteiger partial charge is 0.507 e. The second kappa shape index (κ2) is 8.37. The summed E-state index contributed by atoms with van der Waals surface area (Å²) in [7, 11) is 0. The molecule has 10 heteroatoms. The lowest BCUT2D eigenvalue weighted by molar-refractivity contribution is -0.239. The van der Waals surface area contributed by atoms with Gasteiger partial charge in [-0.15, -0.1) is 0 Å². The van der Waals surface area contributed by atoms with Crippen molar-refractivity contribution in [2.24, 2.45) is 5.73 Å². The minimum absolute atomic E-state index is 0.0132. The van der Waals surface area contributed by atoms with Crippen LogP contribution in [0.4, 0.5) is 0 Å². The number of carbonyl (C=O) groups excluding carboxylic acids is 2. The van der Waals surface area contributed by atoms with Crippen LogP contribution in [0.1, 0.15) is 68.8 Å². The molecule has 0 radical (unpaired) electrons. The predicted molar refractivity (Wildman–Crippen MR) is 120 cm³/mol. The van der Waals surface area contributed by atoms with Crippen molar-refractivity contribution in [1.29, 1.82) is 0 Å². The summed E-state index contributed by atoms with van der Waals surface area (Å²) in [5.74, 6) is -2.22. The number of ketones is 2. The summed E-state index contributed by atoms with van der Waals surface area (Å²) >= 11 is 0. The molecule has 1 heterocycles. The van der Waals surface area contributed by atoms with Crippen molar-refractivity contribution in [2.75, 3.05) is 6.61 Å². The number of benzene rings is 2. The number of phenolic OH excluding ortho intramolecular Hbond substituents is 2. The van der Waals surface area contributed by atoms with Crippen LogP contribution in [0.15, 0.2) is 24.3 Å². The lowest BCUT2D eigenvalue weighted by atomic mass is 9.70. The Hall–Kier alpha value is -2.86. The van der Waals surface area contributed by atoms with Gasteiger partial charge in [0.15, 0.2) is 17.9 Å². The fourth-order valence-corrected chi connectivity index (χ4v) is 5.21. The van der Waals surface area contributed by atoms with Crippen molar-refractivity contribution < 1.29 is 44.6 Å². The summed E-state index contributed by atoms with van der Waals surface area (Å²) in [5.41, 5.74) is 4.95. The van der Waals surface area contributed by atoms with Crippen molar-refractivity contribution >= 4 is 11.6 Å². The first-order chi connectivity index (χ1) is 16.5. The molecule has 2 unspecified atom stereocenters. The molecule has 2 aromatic rings. The summed E-state index contributed by atoms with van der Waals surface area (Å²) in [6.07, 6.45) is -5.45. The SMILES string of the molecule is CC(O)[C@]1(N)Cc2c(O)c3c(c(O)c2[C@@H](OC2C[C@H](O)[C@H](O)CO2)C1)C(=O)c1ccccc1C3=O. The van der Waals surface area contributed by atoms with E-state index in [1.807, 2.05) is 0 Å². The maximum atomic E-state index is 13.3. The number of hydrogen-bond donors (Lipinski definition) is 6. The van der Waals surface area contributed by atoms with Crippen molar-refractivity contribution in [2.45, 2.75) is 62.4 Å². The number of carbonyl (C=O) groups is 2. The van der Waals surface area contributed by atoms with Crippen LogP contribution >= 0.6 is 0 Å². The number of fused-ring (bicyclic) bond motifs is 3. The van der Waals surface area contributed by atoms with Crippen molar-refractivity contribution in [3.8, 4) is 11.5 Å². The third kappa shape index (κ3) is 3.65. The molecule has 1 saturated heterocycles. The lowest BCUT2D eigenvalue weighted by Crippen LogP contribution is -2.55. The second-order valence-electron chi connectivity index (χ2n) is 9.59. The van der Waals surface area contributed by atoms with E-state index in [1.54, 1.807) is 12.1 Å². The highest BCUT2D eigenvalue weighted by atomic mass is 16.7. The average Bonchev–Trinajstić information content (AvgIpc) is 2.82. The maximum Gasteiger partial charge on any atom is 0.198 e. The molecule has 1 aliphatic heterocycles. The van der Waals surface area contributed by atoms with E-state index in [0.717, 1.165) is 0 Å². The zero-order valence-corrected chi connectivity index (χ0v) is 19.0. The molecule has 1 fully saturated rings. The molecule has 6 atom stereocenters. The number of hydrogen-bond acceptors (Lipinski definition) is 10. The van der Waals surface area contributed by atoms with Crippen molar-refractivity contribution in [3.05, 3.63) is 57.6 Å². The Kier molecular flexibility index (Phi) is 5.71. The fourth-order valence-electron chi connectivity index (χ4n) is 5.21. The van der Waals surface area contributed by atoms with Gasteiger partial charge in [0.1, 0.15) is 17.6 Å². The normalized spacial score (nSPS) is 30.9. The Morgan fingerprint density at radius 3 is 2.23 bits per heavy atom. The van der Waals surface area contributed by atoms with Gasteiger partial charge >= 0.3 is 0 Å². The molecule has 3 aliphatic rings. The number of rotatable bonds is 3. The molecule has 0 saturated carbocycles. The highest BCUT2D eigenvalue weighted by Crippen LogP contribution is 2.51. The number of ether oxygens (including phenoxy) is 2. The Balaban J connectivity index is 1.66. The van der Waals surface area contributed by atoms with Crippen molar-refractivity contribution in [1.82, 2.24) is 0 Å². The van der Waals surface area contributed by atoms with Crippen LogP contribution in [0.2, 0.25) is 0 Å². The summed E-state index contributed by atoms with van der Waals surface area (Å²) < 4.78 is 11.5. The van der Waals surface area contributed by atoms with Crippen LogP contribution in [-0.4, -0.2) is 73.8 Å². The Labute approximate surface area is 200 Å². The number of aromatic hydroxyl groups is 2. The first-order valence-corrected chi connectivity index (χ1v) is 11.4. The van der Waals surface area contributed by atoms with Crippen LogP contribution in [-0.2, 0) is 15.9 Å². The standard InChI is InChI=1S/C25H27NO9/c1-10(27)25(26)7-13-18(16(8-25)35-17-6-14(28)15(29)9-34-17)24(33)20-19(23(13)32)21(30)11-4-2-3-5-12(11)22(20)31/h2-5,10,14-17,27-29,32-33H,6-9,26H2,1H3/t10?,14-,15+,16-,17?,25-/m0/s1. The Morgan fingerprint density at radius 2 is 1.66 bits per heavy atom. The molecular formula is C25H27NO9. The number of phenols is 2. The molecule has 0 amide bonds. The predicted octanol–water partition coefficient (Wildman–Crippen LogP) is 0.424. The van der Waals surface area contributed by atoms with Gasteiger partial charge in [0, 0.05) is 34.2 Å². The second-order valence-corrected chi connectivity index (χ2v) is 9.59. The van der Waals surface area contributed by atoms with Gasteiger partial charge in [-0.25, -0.2) is 0 Å². The van der Waals surface area contributed by atoms with Crippen LogP contribution in [0.25, 0.3) is 0 Å². The summed E-state index contributed by atoms with van der Waals surface area (Å²) in [5, 5.41) is 52.8. The first kappa shape index (κ1) is 23.9. The number of nitrogens with two attached hydrogens (primary N) is 1. The molecule has 0 spiro atoms. The van der Waals surface area contributed by atoms with E-state index in [4.69, 9.17) is 15.2 Å². The summed E-state index contributed by atoms with van der Waals surface area (Å²) in [4.78, 5) is 26.6. The van der Waals surface area contributed by atoms with Gasteiger partial charge in [-0.3, -0.25) is 9.59 Å². The Bertz CT molecular complexity index is 1230. The number of aliphatic hydroxyl groups is 3. The van der Waals surface area contributed by atoms with Crippen LogP contribution in [0.3, 0.4) is 0 Å². The van der Waals surface area contributed by atoms with Crippen LogP contribution in [0.5, 0.6) is 11.5 Å². The third-order valence-corrected chi connectivity index (χ3v) is 7.33. The summed E-state index contributed by atoms with van der Waals surface area (Å²) in [6, 6.07) is 6.15. The van der Waals surface area contributed by atoms with E-state index >= 15 is 0 Å². The Morgan fingerprint density at radius 1 is 1.06 bits per heavy atom. The molecule has 0 bridgehead atoms. The van der Waals surface area contributed by atoms with E-state index < -0.39 is 59.3 Å². The minimum Gasteiger partial charge on any atom is -0.507 e. The van der Waals surface area contributed by atoms with E-state index in [-0.39, 0.29) is 59.3 Å². The topological polar surface area (TPSA) is 180 Å². The van der Waals surface area contributed by atoms with E-state index in [9.17, 15) is 35.1 Å². The van der Waals surface area contributed by atoms with Gasteiger partial charge in [0.2, 0.25) is 0 Å². The maximum absolute atomic E-state index is 13.3. The summed E-state index contributed by atoms with van der Waals surface area (Å²) in [6.45, 7) is 1.31. The van der Waals surface area contributed by atoms with Crippen LogP contribution in [0, 0.1) is 0 Å². The third-order valence-electron chi connectivity index (χ3n) is 7.33. The van der Waals surface area contributed by atoms with Gasteiger partial charge in [-0.1, -0.05) is 24.3 Å². The van der Waals surface area contributed by atoms with Crippen LogP contribution < -0.4 is 5.73 Å². The van der Waals surface area contributed by atoms with Gasteiger partial charge in [-0.05, 0) is 19.8 Å². The molecule has 5 rings (SSSR count). The van der Waals surface area contributed by atoms with E-state index in [0.29, 0.717) is 0 Å². The van der Waals surface area contributed by atoms with Gasteiger partial charge in [0.05, 0.1) is 36.0 Å². The van der Waals surface area contributed by atoms with E-state index in [1.165, 1.54) is 19.1 Å². The molecule has 186 valence electrons. The lowest BCUT2D eigenvalue weighted by Gasteiger charge is -2.43. The minimum atomic E-state index is -1.30.